The molecule has 0 N–H and O–H groups in total. The first-order valence-corrected chi connectivity index (χ1v) is 7.17. The lowest BCUT2D eigenvalue weighted by Crippen LogP contribution is -2.60. The zero-order chi connectivity index (χ0) is 14.6. The van der Waals surface area contributed by atoms with E-state index < -0.39 is 0 Å². The molecule has 0 atom stereocenters. The highest BCUT2D eigenvalue weighted by Crippen LogP contribution is 2.31. The summed E-state index contributed by atoms with van der Waals surface area (Å²) in [6.07, 6.45) is 0.994. The Hall–Kier alpha value is -1.26. The Bertz CT molecular complexity index is 441. The van der Waals surface area contributed by atoms with Crippen LogP contribution in [-0.4, -0.2) is 44.4 Å². The molecule has 2 rings (SSSR count). The van der Waals surface area contributed by atoms with Crippen molar-refractivity contribution in [1.82, 2.24) is 4.90 Å². The molecule has 1 saturated heterocycles. The largest absolute Gasteiger partial charge is 0.493 e. The molecule has 0 aromatic heterocycles. The number of nitrogens with zero attached hydrogens (tertiary/aromatic N) is 1. The van der Waals surface area contributed by atoms with Gasteiger partial charge in [-0.25, -0.2) is 0 Å². The predicted molar refractivity (Wildman–Crippen MR) is 79.5 cm³/mol. The number of hydrogen-bond acceptors (Lipinski definition) is 4. The fourth-order valence-electron chi connectivity index (χ4n) is 2.54. The fourth-order valence-corrected chi connectivity index (χ4v) is 2.54. The molecule has 4 nitrogen and oxygen atoms in total. The quantitative estimate of drug-likeness (QED) is 0.768. The Balaban J connectivity index is 1.96. The van der Waals surface area contributed by atoms with Crippen LogP contribution in [-0.2, 0) is 11.3 Å². The van der Waals surface area contributed by atoms with E-state index in [1.807, 2.05) is 6.07 Å². The van der Waals surface area contributed by atoms with E-state index in [0.29, 0.717) is 6.61 Å². The van der Waals surface area contributed by atoms with Gasteiger partial charge in [-0.3, -0.25) is 4.90 Å². The highest BCUT2D eigenvalue weighted by atomic mass is 16.5. The molecule has 1 aliphatic heterocycles. The van der Waals surface area contributed by atoms with Crippen LogP contribution < -0.4 is 9.47 Å². The molecule has 4 heteroatoms. The summed E-state index contributed by atoms with van der Waals surface area (Å²) in [5.41, 5.74) is 1.26. The van der Waals surface area contributed by atoms with Gasteiger partial charge in [0.25, 0.3) is 0 Å². The number of ether oxygens (including phenoxy) is 3. The molecule has 1 aliphatic rings. The minimum atomic E-state index is 0.0221. The Morgan fingerprint density at radius 2 is 1.95 bits per heavy atom. The lowest BCUT2D eigenvalue weighted by Gasteiger charge is -2.47. The van der Waals surface area contributed by atoms with Gasteiger partial charge in [0.2, 0.25) is 0 Å². The van der Waals surface area contributed by atoms with Crippen molar-refractivity contribution >= 4 is 0 Å². The van der Waals surface area contributed by atoms with E-state index in [1.165, 1.54) is 5.56 Å². The molecule has 1 heterocycles. The first kappa shape index (κ1) is 15.1. The molecule has 0 spiro atoms. The van der Waals surface area contributed by atoms with Crippen LogP contribution >= 0.6 is 0 Å². The van der Waals surface area contributed by atoms with Crippen molar-refractivity contribution in [2.24, 2.45) is 0 Å². The van der Waals surface area contributed by atoms with E-state index in [0.717, 1.165) is 37.6 Å². The van der Waals surface area contributed by atoms with Crippen LogP contribution in [0.1, 0.15) is 25.8 Å². The van der Waals surface area contributed by atoms with Crippen LogP contribution in [0.5, 0.6) is 11.5 Å². The van der Waals surface area contributed by atoms with Gasteiger partial charge in [0.1, 0.15) is 0 Å². The van der Waals surface area contributed by atoms with Crippen LogP contribution in [0.3, 0.4) is 0 Å². The average Bonchev–Trinajstić information content (AvgIpc) is 2.43. The Morgan fingerprint density at radius 3 is 2.55 bits per heavy atom. The van der Waals surface area contributed by atoms with E-state index in [4.69, 9.17) is 14.2 Å². The summed E-state index contributed by atoms with van der Waals surface area (Å²) in [4.78, 5) is 2.37. The summed E-state index contributed by atoms with van der Waals surface area (Å²) in [5.74, 6) is 1.63. The van der Waals surface area contributed by atoms with E-state index >= 15 is 0 Å². The van der Waals surface area contributed by atoms with Crippen molar-refractivity contribution in [3.05, 3.63) is 23.8 Å². The third-order valence-electron chi connectivity index (χ3n) is 3.70. The molecule has 0 saturated carbocycles. The first-order valence-electron chi connectivity index (χ1n) is 7.17. The van der Waals surface area contributed by atoms with Crippen molar-refractivity contribution in [3.63, 3.8) is 0 Å². The zero-order valence-electron chi connectivity index (χ0n) is 12.9. The maximum atomic E-state index is 5.67. The van der Waals surface area contributed by atoms with Crippen molar-refractivity contribution in [2.75, 3.05) is 33.9 Å². The van der Waals surface area contributed by atoms with Crippen LogP contribution in [0.4, 0.5) is 0 Å². The molecule has 1 aromatic rings. The van der Waals surface area contributed by atoms with Gasteiger partial charge >= 0.3 is 0 Å². The second kappa shape index (κ2) is 6.46. The second-order valence-electron chi connectivity index (χ2n) is 5.63. The molecule has 0 amide bonds. The molecule has 0 unspecified atom stereocenters. The van der Waals surface area contributed by atoms with Crippen molar-refractivity contribution < 1.29 is 14.2 Å². The van der Waals surface area contributed by atoms with Gasteiger partial charge in [0.05, 0.1) is 19.3 Å². The smallest absolute Gasteiger partial charge is 0.161 e. The maximum absolute atomic E-state index is 5.67. The SMILES string of the molecule is CCCOc1ccc(CN2CC(C)(OC)C2)cc1OC. The van der Waals surface area contributed by atoms with Gasteiger partial charge in [0, 0.05) is 26.7 Å². The van der Waals surface area contributed by atoms with Gasteiger partial charge in [0.15, 0.2) is 11.5 Å². The maximum Gasteiger partial charge on any atom is 0.161 e. The normalized spacial score (nSPS) is 17.6. The van der Waals surface area contributed by atoms with Crippen LogP contribution in [0, 0.1) is 0 Å². The molecule has 20 heavy (non-hydrogen) atoms. The number of rotatable bonds is 7. The van der Waals surface area contributed by atoms with E-state index in [2.05, 4.69) is 30.9 Å². The highest BCUT2D eigenvalue weighted by Gasteiger charge is 2.38. The van der Waals surface area contributed by atoms with Gasteiger partial charge in [-0.2, -0.15) is 0 Å². The van der Waals surface area contributed by atoms with Gasteiger partial charge in [-0.1, -0.05) is 13.0 Å². The number of benzene rings is 1. The van der Waals surface area contributed by atoms with Crippen LogP contribution in [0.15, 0.2) is 18.2 Å². The topological polar surface area (TPSA) is 30.9 Å². The summed E-state index contributed by atoms with van der Waals surface area (Å²) in [7, 11) is 3.46. The zero-order valence-corrected chi connectivity index (χ0v) is 12.9. The Labute approximate surface area is 121 Å². The molecule has 0 aliphatic carbocycles. The number of methoxy groups -OCH3 is 2. The fraction of sp³-hybridized carbons (Fsp3) is 0.625. The summed E-state index contributed by atoms with van der Waals surface area (Å²) in [6.45, 7) is 7.82. The van der Waals surface area contributed by atoms with E-state index in [9.17, 15) is 0 Å². The lowest BCUT2D eigenvalue weighted by molar-refractivity contribution is -0.114. The Kier molecular flexibility index (Phi) is 4.89. The predicted octanol–water partition coefficient (Wildman–Crippen LogP) is 2.70. The van der Waals surface area contributed by atoms with Gasteiger partial charge < -0.3 is 14.2 Å². The Morgan fingerprint density at radius 1 is 1.20 bits per heavy atom. The monoisotopic (exact) mass is 279 g/mol. The summed E-state index contributed by atoms with van der Waals surface area (Å²) in [6, 6.07) is 6.17. The highest BCUT2D eigenvalue weighted by molar-refractivity contribution is 5.43. The molecule has 0 bridgehead atoms. The second-order valence-corrected chi connectivity index (χ2v) is 5.63. The minimum Gasteiger partial charge on any atom is -0.493 e. The van der Waals surface area contributed by atoms with Crippen LogP contribution in [0.2, 0.25) is 0 Å². The third kappa shape index (κ3) is 3.44. The van der Waals surface area contributed by atoms with Crippen molar-refractivity contribution in [2.45, 2.75) is 32.4 Å². The van der Waals surface area contributed by atoms with Gasteiger partial charge in [-0.15, -0.1) is 0 Å². The molecular weight excluding hydrogens is 254 g/mol. The number of likely N-dealkylation sites (tertiary alicyclic amines) is 1. The molecule has 112 valence electrons. The van der Waals surface area contributed by atoms with Crippen LogP contribution in [0.25, 0.3) is 0 Å². The van der Waals surface area contributed by atoms with Crippen molar-refractivity contribution in [3.8, 4) is 11.5 Å². The lowest BCUT2D eigenvalue weighted by atomic mass is 9.96. The van der Waals surface area contributed by atoms with E-state index in [-0.39, 0.29) is 5.60 Å². The van der Waals surface area contributed by atoms with Gasteiger partial charge in [-0.05, 0) is 31.0 Å². The minimum absolute atomic E-state index is 0.0221. The molecule has 1 aromatic carbocycles. The molecular formula is C16H25NO3. The summed E-state index contributed by atoms with van der Waals surface area (Å²) >= 11 is 0. The standard InChI is InChI=1S/C16H25NO3/c1-5-8-20-14-7-6-13(9-15(14)18-3)10-17-11-16(2,12-17)19-4/h6-7,9H,5,8,10-12H2,1-4H3. The molecule has 0 radical (unpaired) electrons. The summed E-state index contributed by atoms with van der Waals surface area (Å²) in [5, 5.41) is 0. The third-order valence-corrected chi connectivity index (χ3v) is 3.70. The molecule has 1 fully saturated rings. The van der Waals surface area contributed by atoms with E-state index in [1.54, 1.807) is 14.2 Å². The average molecular weight is 279 g/mol. The first-order chi connectivity index (χ1) is 9.60. The van der Waals surface area contributed by atoms with Crippen molar-refractivity contribution in [1.29, 1.82) is 0 Å². The summed E-state index contributed by atoms with van der Waals surface area (Å²) < 4.78 is 16.5. The number of hydrogen-bond donors (Lipinski definition) is 0.